The summed E-state index contributed by atoms with van der Waals surface area (Å²) < 4.78 is 38.4. The summed E-state index contributed by atoms with van der Waals surface area (Å²) in [6.07, 6.45) is 1.55. The second-order valence-electron chi connectivity index (χ2n) is 7.25. The molecule has 0 radical (unpaired) electrons. The lowest BCUT2D eigenvalue weighted by Gasteiger charge is -2.22. The highest BCUT2D eigenvalue weighted by atomic mass is 19.4. The molecule has 2 aromatic rings. The van der Waals surface area contributed by atoms with Crippen LogP contribution >= 0.6 is 0 Å². The highest BCUT2D eigenvalue weighted by Crippen LogP contribution is 2.35. The van der Waals surface area contributed by atoms with Crippen molar-refractivity contribution in [3.8, 4) is 0 Å². The molecule has 1 saturated carbocycles. The molecule has 29 heavy (non-hydrogen) atoms. The summed E-state index contributed by atoms with van der Waals surface area (Å²) in [5.74, 6) is 0.586. The van der Waals surface area contributed by atoms with Gasteiger partial charge in [-0.15, -0.1) is 0 Å². The number of nitro groups is 1. The molecule has 1 aliphatic carbocycles. The van der Waals surface area contributed by atoms with E-state index in [9.17, 15) is 23.3 Å². The number of hydrogen-bond donors (Lipinski definition) is 1. The molecule has 0 aromatic heterocycles. The van der Waals surface area contributed by atoms with Gasteiger partial charge >= 0.3 is 6.18 Å². The van der Waals surface area contributed by atoms with Gasteiger partial charge in [-0.05, 0) is 48.9 Å². The van der Waals surface area contributed by atoms with Crippen LogP contribution in [0.3, 0.4) is 0 Å². The molecule has 3 rings (SSSR count). The molecule has 0 unspecified atom stereocenters. The number of benzene rings is 2. The fourth-order valence-corrected chi connectivity index (χ4v) is 3.59. The fraction of sp³-hybridized carbons (Fsp3) is 0.381. The first-order valence-corrected chi connectivity index (χ1v) is 9.52. The Bertz CT molecular complexity index is 902. The first kappa shape index (κ1) is 20.8. The van der Waals surface area contributed by atoms with Crippen molar-refractivity contribution in [2.75, 3.05) is 5.43 Å². The van der Waals surface area contributed by atoms with Crippen molar-refractivity contribution in [1.29, 1.82) is 0 Å². The number of anilines is 1. The summed E-state index contributed by atoms with van der Waals surface area (Å²) in [5.41, 5.74) is 3.40. The molecule has 0 amide bonds. The smallest absolute Gasteiger partial charge is 0.271 e. The lowest BCUT2D eigenvalue weighted by atomic mass is 9.84. The monoisotopic (exact) mass is 405 g/mol. The number of rotatable bonds is 5. The van der Waals surface area contributed by atoms with Gasteiger partial charge in [0.25, 0.3) is 5.69 Å². The van der Waals surface area contributed by atoms with E-state index in [0.717, 1.165) is 17.7 Å². The molecule has 0 atom stereocenters. The fourth-order valence-electron chi connectivity index (χ4n) is 3.59. The molecule has 2 aromatic carbocycles. The second-order valence-corrected chi connectivity index (χ2v) is 7.25. The predicted molar refractivity (Wildman–Crippen MR) is 106 cm³/mol. The quantitative estimate of drug-likeness (QED) is 0.351. The lowest BCUT2D eigenvalue weighted by molar-refractivity contribution is -0.384. The predicted octanol–water partition coefficient (Wildman–Crippen LogP) is 6.50. The largest absolute Gasteiger partial charge is 0.416 e. The standard InChI is InChI=1S/C21H22F3N3O2/c1-14(15-7-9-17(10-8-15)16-5-3-2-4-6-16)25-26-19-12-11-18(21(22,23)24)13-20(19)27(28)29/h7-13,16,26H,2-6H2,1H3/b25-14-. The maximum atomic E-state index is 12.8. The summed E-state index contributed by atoms with van der Waals surface area (Å²) in [4.78, 5) is 10.3. The van der Waals surface area contributed by atoms with Crippen molar-refractivity contribution in [2.24, 2.45) is 5.10 Å². The Kier molecular flexibility index (Phi) is 6.20. The Balaban J connectivity index is 1.76. The van der Waals surface area contributed by atoms with Crippen LogP contribution in [0.5, 0.6) is 0 Å². The van der Waals surface area contributed by atoms with Gasteiger partial charge in [0.15, 0.2) is 0 Å². The van der Waals surface area contributed by atoms with Gasteiger partial charge in [0.05, 0.1) is 16.2 Å². The number of nitrogens with zero attached hydrogens (tertiary/aromatic N) is 2. The van der Waals surface area contributed by atoms with E-state index in [-0.39, 0.29) is 5.69 Å². The Morgan fingerprint density at radius 3 is 2.34 bits per heavy atom. The average molecular weight is 405 g/mol. The number of alkyl halides is 3. The maximum absolute atomic E-state index is 12.8. The Morgan fingerprint density at radius 2 is 1.76 bits per heavy atom. The zero-order valence-electron chi connectivity index (χ0n) is 16.0. The van der Waals surface area contributed by atoms with Crippen LogP contribution in [0.4, 0.5) is 24.5 Å². The van der Waals surface area contributed by atoms with Crippen molar-refractivity contribution in [2.45, 2.75) is 51.1 Å². The highest BCUT2D eigenvalue weighted by Gasteiger charge is 2.33. The number of halogens is 3. The summed E-state index contributed by atoms with van der Waals surface area (Å²) in [6.45, 7) is 1.73. The minimum absolute atomic E-state index is 0.0961. The van der Waals surface area contributed by atoms with Crippen LogP contribution in [0, 0.1) is 10.1 Å². The molecule has 0 aliphatic heterocycles. The van der Waals surface area contributed by atoms with Crippen molar-refractivity contribution < 1.29 is 18.1 Å². The maximum Gasteiger partial charge on any atom is 0.416 e. The molecular weight excluding hydrogens is 383 g/mol. The van der Waals surface area contributed by atoms with E-state index in [1.54, 1.807) is 6.92 Å². The van der Waals surface area contributed by atoms with E-state index in [1.807, 2.05) is 12.1 Å². The normalized spacial score (nSPS) is 15.9. The summed E-state index contributed by atoms with van der Waals surface area (Å²) in [6, 6.07) is 10.4. The average Bonchev–Trinajstić information content (AvgIpc) is 2.72. The van der Waals surface area contributed by atoms with E-state index in [0.29, 0.717) is 17.7 Å². The van der Waals surface area contributed by atoms with Gasteiger partial charge in [-0.1, -0.05) is 43.5 Å². The zero-order chi connectivity index (χ0) is 21.0. The van der Waals surface area contributed by atoms with Crippen LogP contribution < -0.4 is 5.43 Å². The molecule has 0 heterocycles. The number of hydrazone groups is 1. The third kappa shape index (κ3) is 5.13. The van der Waals surface area contributed by atoms with Crippen LogP contribution in [0.1, 0.15) is 61.6 Å². The summed E-state index contributed by atoms with van der Waals surface area (Å²) in [5, 5.41) is 15.3. The third-order valence-corrected chi connectivity index (χ3v) is 5.27. The van der Waals surface area contributed by atoms with Crippen molar-refractivity contribution in [3.05, 3.63) is 69.3 Å². The second kappa shape index (κ2) is 8.63. The third-order valence-electron chi connectivity index (χ3n) is 5.27. The topological polar surface area (TPSA) is 67.5 Å². The molecule has 1 fully saturated rings. The number of hydrogen-bond acceptors (Lipinski definition) is 4. The number of nitrogens with one attached hydrogen (secondary N) is 1. The summed E-state index contributed by atoms with van der Waals surface area (Å²) >= 11 is 0. The number of nitro benzene ring substituents is 1. The van der Waals surface area contributed by atoms with Gasteiger partial charge in [0, 0.05) is 6.07 Å². The van der Waals surface area contributed by atoms with Crippen LogP contribution in [-0.4, -0.2) is 10.6 Å². The molecule has 0 spiro atoms. The lowest BCUT2D eigenvalue weighted by Crippen LogP contribution is -2.07. The van der Waals surface area contributed by atoms with Gasteiger partial charge in [-0.2, -0.15) is 18.3 Å². The van der Waals surface area contributed by atoms with Gasteiger partial charge in [-0.3, -0.25) is 15.5 Å². The van der Waals surface area contributed by atoms with E-state index in [4.69, 9.17) is 0 Å². The highest BCUT2D eigenvalue weighted by molar-refractivity contribution is 5.99. The molecular formula is C21H22F3N3O2. The Hall–Kier alpha value is -2.90. The van der Waals surface area contributed by atoms with E-state index >= 15 is 0 Å². The Labute approximate surface area is 166 Å². The SMILES string of the molecule is C/C(=N/Nc1ccc(C(F)(F)F)cc1[N+](=O)[O-])c1ccc(C2CCCCC2)cc1. The van der Waals surface area contributed by atoms with Crippen LogP contribution in [0.15, 0.2) is 47.6 Å². The molecule has 0 saturated heterocycles. The molecule has 5 nitrogen and oxygen atoms in total. The first-order valence-electron chi connectivity index (χ1n) is 9.52. The van der Waals surface area contributed by atoms with Crippen LogP contribution in [-0.2, 0) is 6.18 Å². The van der Waals surface area contributed by atoms with E-state index in [2.05, 4.69) is 22.7 Å². The van der Waals surface area contributed by atoms with Crippen molar-refractivity contribution in [1.82, 2.24) is 0 Å². The zero-order valence-corrected chi connectivity index (χ0v) is 16.0. The molecule has 1 N–H and O–H groups in total. The van der Waals surface area contributed by atoms with Gasteiger partial charge < -0.3 is 0 Å². The van der Waals surface area contributed by atoms with E-state index < -0.39 is 22.4 Å². The Morgan fingerprint density at radius 1 is 1.10 bits per heavy atom. The molecule has 1 aliphatic rings. The summed E-state index contributed by atoms with van der Waals surface area (Å²) in [7, 11) is 0. The molecule has 8 heteroatoms. The van der Waals surface area contributed by atoms with Gasteiger partial charge in [0.1, 0.15) is 5.69 Å². The van der Waals surface area contributed by atoms with Crippen molar-refractivity contribution >= 4 is 17.1 Å². The van der Waals surface area contributed by atoms with E-state index in [1.165, 1.54) is 37.7 Å². The minimum atomic E-state index is -4.65. The molecule has 154 valence electrons. The van der Waals surface area contributed by atoms with Gasteiger partial charge in [-0.25, -0.2) is 0 Å². The minimum Gasteiger partial charge on any atom is -0.271 e. The van der Waals surface area contributed by atoms with Crippen LogP contribution in [0.2, 0.25) is 0 Å². The molecule has 0 bridgehead atoms. The first-order chi connectivity index (χ1) is 13.8. The van der Waals surface area contributed by atoms with Gasteiger partial charge in [0.2, 0.25) is 0 Å². The van der Waals surface area contributed by atoms with Crippen molar-refractivity contribution in [3.63, 3.8) is 0 Å². The van der Waals surface area contributed by atoms with Crippen LogP contribution in [0.25, 0.3) is 0 Å².